The van der Waals surface area contributed by atoms with Crippen LogP contribution in [0.5, 0.6) is 5.75 Å². The first-order valence-electron chi connectivity index (χ1n) is 6.84. The molecule has 6 heteroatoms. The molecule has 118 valence electrons. The maximum atomic E-state index is 13.0. The Morgan fingerprint density at radius 1 is 1.24 bits per heavy atom. The molecule has 1 N–H and O–H groups in total. The fourth-order valence-corrected chi connectivity index (χ4v) is 4.04. The van der Waals surface area contributed by atoms with Gasteiger partial charge in [0, 0.05) is 6.42 Å². The molecule has 21 heavy (non-hydrogen) atoms. The summed E-state index contributed by atoms with van der Waals surface area (Å²) in [5, 5.41) is 9.23. The summed E-state index contributed by atoms with van der Waals surface area (Å²) < 4.78 is 28.7. The second-order valence-corrected chi connectivity index (χ2v) is 6.62. The SMILES string of the molecule is C=CCC(O)(c1ccc(OC)cc1)P(=O)(OCC)OCC. The lowest BCUT2D eigenvalue weighted by atomic mass is 10.1. The molecule has 0 aliphatic rings. The maximum Gasteiger partial charge on any atom is 0.366 e. The largest absolute Gasteiger partial charge is 0.497 e. The molecule has 1 atom stereocenters. The predicted octanol–water partition coefficient (Wildman–Crippen LogP) is 3.68. The molecular weight excluding hydrogens is 291 g/mol. The summed E-state index contributed by atoms with van der Waals surface area (Å²) in [4.78, 5) is 0. The standard InChI is InChI=1S/C15H23O5P/c1-5-12-15(16,21(17,19-6-2)20-7-3)13-8-10-14(18-4)11-9-13/h5,8-11,16H,1,6-7,12H2,2-4H3. The molecule has 1 aromatic carbocycles. The highest BCUT2D eigenvalue weighted by atomic mass is 31.2. The van der Waals surface area contributed by atoms with Crippen LogP contribution in [0.2, 0.25) is 0 Å². The minimum atomic E-state index is -3.76. The molecule has 0 aliphatic heterocycles. The van der Waals surface area contributed by atoms with Gasteiger partial charge in [-0.2, -0.15) is 0 Å². The summed E-state index contributed by atoms with van der Waals surface area (Å²) >= 11 is 0. The number of hydrogen-bond acceptors (Lipinski definition) is 5. The zero-order valence-corrected chi connectivity index (χ0v) is 13.6. The van der Waals surface area contributed by atoms with Crippen molar-refractivity contribution in [2.45, 2.75) is 25.6 Å². The Morgan fingerprint density at radius 2 is 1.76 bits per heavy atom. The molecule has 5 nitrogen and oxygen atoms in total. The lowest BCUT2D eigenvalue weighted by molar-refractivity contribution is 0.0676. The van der Waals surface area contributed by atoms with Crippen molar-refractivity contribution < 1.29 is 23.5 Å². The van der Waals surface area contributed by atoms with Crippen LogP contribution in [0.25, 0.3) is 0 Å². The van der Waals surface area contributed by atoms with Gasteiger partial charge in [0.15, 0.2) is 5.34 Å². The van der Waals surface area contributed by atoms with E-state index in [9.17, 15) is 9.67 Å². The van der Waals surface area contributed by atoms with Gasteiger partial charge in [-0.15, -0.1) is 6.58 Å². The van der Waals surface area contributed by atoms with Crippen LogP contribution in [0, 0.1) is 0 Å². The summed E-state index contributed by atoms with van der Waals surface area (Å²) in [6.45, 7) is 7.37. The van der Waals surface area contributed by atoms with Gasteiger partial charge in [0.05, 0.1) is 20.3 Å². The average molecular weight is 314 g/mol. The van der Waals surface area contributed by atoms with E-state index < -0.39 is 12.9 Å². The molecule has 0 bridgehead atoms. The van der Waals surface area contributed by atoms with Crippen molar-refractivity contribution in [2.24, 2.45) is 0 Å². The second kappa shape index (κ2) is 7.76. The van der Waals surface area contributed by atoms with E-state index >= 15 is 0 Å². The number of rotatable bonds is 9. The van der Waals surface area contributed by atoms with E-state index in [1.54, 1.807) is 45.2 Å². The zero-order valence-electron chi connectivity index (χ0n) is 12.7. The summed E-state index contributed by atoms with van der Waals surface area (Å²) in [6, 6.07) is 6.66. The number of hydrogen-bond donors (Lipinski definition) is 1. The molecule has 0 radical (unpaired) electrons. The third-order valence-corrected chi connectivity index (χ3v) is 5.58. The summed E-state index contributed by atoms with van der Waals surface area (Å²) in [6.07, 6.45) is 1.55. The van der Waals surface area contributed by atoms with Crippen LogP contribution in [0.4, 0.5) is 0 Å². The van der Waals surface area contributed by atoms with Crippen LogP contribution < -0.4 is 4.74 Å². The summed E-state index contributed by atoms with van der Waals surface area (Å²) in [7, 11) is -2.21. The van der Waals surface area contributed by atoms with Crippen molar-refractivity contribution >= 4 is 7.60 Å². The second-order valence-electron chi connectivity index (χ2n) is 4.37. The minimum Gasteiger partial charge on any atom is -0.497 e. The molecule has 0 spiro atoms. The summed E-state index contributed by atoms with van der Waals surface area (Å²) in [5.74, 6) is 0.641. The van der Waals surface area contributed by atoms with Gasteiger partial charge in [-0.25, -0.2) is 0 Å². The number of ether oxygens (including phenoxy) is 1. The highest BCUT2D eigenvalue weighted by molar-refractivity contribution is 7.54. The van der Waals surface area contributed by atoms with Crippen molar-refractivity contribution in [1.82, 2.24) is 0 Å². The lowest BCUT2D eigenvalue weighted by Gasteiger charge is -2.34. The van der Waals surface area contributed by atoms with E-state index in [1.165, 1.54) is 6.08 Å². The van der Waals surface area contributed by atoms with Gasteiger partial charge >= 0.3 is 7.60 Å². The van der Waals surface area contributed by atoms with Gasteiger partial charge in [0.25, 0.3) is 0 Å². The fraction of sp³-hybridized carbons (Fsp3) is 0.467. The van der Waals surface area contributed by atoms with E-state index in [2.05, 4.69) is 6.58 Å². The van der Waals surface area contributed by atoms with Crippen LogP contribution in [-0.2, 0) is 19.0 Å². The van der Waals surface area contributed by atoms with Gasteiger partial charge in [-0.3, -0.25) is 4.57 Å². The Balaban J connectivity index is 3.32. The van der Waals surface area contributed by atoms with Crippen molar-refractivity contribution in [1.29, 1.82) is 0 Å². The molecule has 1 unspecified atom stereocenters. The van der Waals surface area contributed by atoms with E-state index in [-0.39, 0.29) is 19.6 Å². The van der Waals surface area contributed by atoms with E-state index in [0.717, 1.165) is 0 Å². The topological polar surface area (TPSA) is 65.0 Å². The molecule has 0 saturated heterocycles. The van der Waals surface area contributed by atoms with Crippen LogP contribution in [0.3, 0.4) is 0 Å². The Morgan fingerprint density at radius 3 is 2.14 bits per heavy atom. The molecule has 0 aromatic heterocycles. The number of methoxy groups -OCH3 is 1. The quantitative estimate of drug-likeness (QED) is 0.556. The van der Waals surface area contributed by atoms with Crippen LogP contribution >= 0.6 is 7.60 Å². The molecular formula is C15H23O5P. The van der Waals surface area contributed by atoms with E-state index in [4.69, 9.17) is 13.8 Å². The Bertz CT molecular complexity index is 489. The molecule has 0 amide bonds. The maximum absolute atomic E-state index is 13.0. The summed E-state index contributed by atoms with van der Waals surface area (Å²) in [5.41, 5.74) is 0.438. The van der Waals surface area contributed by atoms with Gasteiger partial charge in [-0.1, -0.05) is 18.2 Å². The lowest BCUT2D eigenvalue weighted by Crippen LogP contribution is -2.27. The Labute approximate surface area is 126 Å². The number of aliphatic hydroxyl groups is 1. The highest BCUT2D eigenvalue weighted by Gasteiger charge is 2.50. The third kappa shape index (κ3) is 3.74. The molecule has 0 fully saturated rings. The smallest absolute Gasteiger partial charge is 0.366 e. The predicted molar refractivity (Wildman–Crippen MR) is 82.6 cm³/mol. The van der Waals surface area contributed by atoms with Gasteiger partial charge < -0.3 is 18.9 Å². The molecule has 0 heterocycles. The molecule has 0 aliphatic carbocycles. The Kier molecular flexibility index (Phi) is 6.62. The molecule has 1 rings (SSSR count). The van der Waals surface area contributed by atoms with Crippen LogP contribution in [0.1, 0.15) is 25.8 Å². The van der Waals surface area contributed by atoms with Crippen molar-refractivity contribution in [3.63, 3.8) is 0 Å². The minimum absolute atomic E-state index is 0.0522. The first kappa shape index (κ1) is 17.9. The van der Waals surface area contributed by atoms with Crippen molar-refractivity contribution in [3.05, 3.63) is 42.5 Å². The monoisotopic (exact) mass is 314 g/mol. The van der Waals surface area contributed by atoms with Gasteiger partial charge in [0.1, 0.15) is 5.75 Å². The van der Waals surface area contributed by atoms with Crippen LogP contribution in [0.15, 0.2) is 36.9 Å². The normalized spacial score (nSPS) is 14.5. The third-order valence-electron chi connectivity index (χ3n) is 3.03. The fourth-order valence-electron chi connectivity index (χ4n) is 2.04. The average Bonchev–Trinajstić information content (AvgIpc) is 2.48. The van der Waals surface area contributed by atoms with Crippen LogP contribution in [-0.4, -0.2) is 25.4 Å². The van der Waals surface area contributed by atoms with E-state index in [1.807, 2.05) is 0 Å². The van der Waals surface area contributed by atoms with Gasteiger partial charge in [0.2, 0.25) is 0 Å². The van der Waals surface area contributed by atoms with Gasteiger partial charge in [-0.05, 0) is 31.5 Å². The Hall–Kier alpha value is -1.13. The first-order valence-corrected chi connectivity index (χ1v) is 8.38. The highest BCUT2D eigenvalue weighted by Crippen LogP contribution is 2.65. The van der Waals surface area contributed by atoms with E-state index in [0.29, 0.717) is 11.3 Å². The molecule has 1 aromatic rings. The molecule has 0 saturated carbocycles. The first-order chi connectivity index (χ1) is 9.97. The number of benzene rings is 1. The zero-order chi connectivity index (χ0) is 15.9. The van der Waals surface area contributed by atoms with Crippen molar-refractivity contribution in [2.75, 3.05) is 20.3 Å². The van der Waals surface area contributed by atoms with Crippen molar-refractivity contribution in [3.8, 4) is 5.75 Å².